The van der Waals surface area contributed by atoms with E-state index in [1.54, 1.807) is 42.5 Å². The van der Waals surface area contributed by atoms with Crippen LogP contribution < -0.4 is 19.8 Å². The number of rotatable bonds is 6. The van der Waals surface area contributed by atoms with E-state index in [-0.39, 0.29) is 17.9 Å². The van der Waals surface area contributed by atoms with Gasteiger partial charge in [0.15, 0.2) is 5.78 Å². The Morgan fingerprint density at radius 3 is 2.32 bits per heavy atom. The fraction of sp³-hybridized carbons (Fsp3) is 0.190. The van der Waals surface area contributed by atoms with Crippen molar-refractivity contribution >= 4 is 22.7 Å². The lowest BCUT2D eigenvalue weighted by molar-refractivity contribution is -0.131. The van der Waals surface area contributed by atoms with Gasteiger partial charge in [-0.3, -0.25) is 14.4 Å². The van der Waals surface area contributed by atoms with E-state index in [2.05, 4.69) is 0 Å². The Bertz CT molecular complexity index is 1120. The molecule has 144 valence electrons. The number of methoxy groups -OCH3 is 2. The smallest absolute Gasteiger partial charge is 0.308 e. The van der Waals surface area contributed by atoms with E-state index in [1.165, 1.54) is 31.8 Å². The third kappa shape index (κ3) is 3.88. The minimum Gasteiger partial charge on any atom is -0.497 e. The zero-order valence-electron chi connectivity index (χ0n) is 15.7. The highest BCUT2D eigenvalue weighted by Gasteiger charge is 2.16. The maximum absolute atomic E-state index is 12.9. The van der Waals surface area contributed by atoms with Crippen LogP contribution in [0.25, 0.3) is 10.9 Å². The minimum atomic E-state index is -0.469. The lowest BCUT2D eigenvalue weighted by atomic mass is 10.1. The van der Waals surface area contributed by atoms with Crippen molar-refractivity contribution in [1.29, 1.82) is 0 Å². The average Bonchev–Trinajstić information content (AvgIpc) is 2.69. The van der Waals surface area contributed by atoms with Crippen LogP contribution in [-0.4, -0.2) is 30.5 Å². The van der Waals surface area contributed by atoms with Crippen LogP contribution in [-0.2, 0) is 11.3 Å². The first-order chi connectivity index (χ1) is 13.4. The van der Waals surface area contributed by atoms with Gasteiger partial charge < -0.3 is 18.8 Å². The first kappa shape index (κ1) is 19.2. The molecule has 0 aliphatic heterocycles. The summed E-state index contributed by atoms with van der Waals surface area (Å²) in [5, 5.41) is 0.741. The lowest BCUT2D eigenvalue weighted by Gasteiger charge is -2.13. The number of aromatic nitrogens is 1. The number of esters is 1. The number of pyridine rings is 1. The topological polar surface area (TPSA) is 83.8 Å². The van der Waals surface area contributed by atoms with Crippen LogP contribution in [0.5, 0.6) is 17.2 Å². The molecule has 1 aromatic heterocycles. The highest BCUT2D eigenvalue weighted by Crippen LogP contribution is 2.26. The standard InChI is InChI=1S/C21H19NO6/c1-13(23)28-16-6-4-14-5-9-21(25)22(18(14)10-16)12-19(24)17-8-7-15(26-2)11-20(17)27-3/h4-11H,12H2,1-3H3. The van der Waals surface area contributed by atoms with E-state index in [0.717, 1.165) is 5.39 Å². The third-order valence-corrected chi connectivity index (χ3v) is 4.24. The molecule has 7 heteroatoms. The number of ketones is 1. The van der Waals surface area contributed by atoms with Crippen LogP contribution in [0.3, 0.4) is 0 Å². The molecule has 3 rings (SSSR count). The van der Waals surface area contributed by atoms with Crippen molar-refractivity contribution in [3.05, 3.63) is 64.4 Å². The molecule has 28 heavy (non-hydrogen) atoms. The van der Waals surface area contributed by atoms with Gasteiger partial charge in [0, 0.05) is 25.1 Å². The molecule has 0 atom stereocenters. The van der Waals surface area contributed by atoms with Crippen molar-refractivity contribution in [2.45, 2.75) is 13.5 Å². The van der Waals surface area contributed by atoms with Gasteiger partial charge in [-0.2, -0.15) is 0 Å². The van der Waals surface area contributed by atoms with Gasteiger partial charge in [0.2, 0.25) is 0 Å². The fourth-order valence-corrected chi connectivity index (χ4v) is 2.92. The van der Waals surface area contributed by atoms with Crippen LogP contribution in [0.2, 0.25) is 0 Å². The molecule has 0 bridgehead atoms. The Balaban J connectivity index is 2.04. The van der Waals surface area contributed by atoms with Crippen molar-refractivity contribution in [3.8, 4) is 17.2 Å². The number of Topliss-reactive ketones (excluding diaryl/α,β-unsaturated/α-hetero) is 1. The van der Waals surface area contributed by atoms with Crippen molar-refractivity contribution in [3.63, 3.8) is 0 Å². The van der Waals surface area contributed by atoms with Crippen molar-refractivity contribution < 1.29 is 23.8 Å². The molecular weight excluding hydrogens is 362 g/mol. The summed E-state index contributed by atoms with van der Waals surface area (Å²) in [6.45, 7) is 1.10. The summed E-state index contributed by atoms with van der Waals surface area (Å²) >= 11 is 0. The van der Waals surface area contributed by atoms with Gasteiger partial charge in [0.25, 0.3) is 5.56 Å². The number of carbonyl (C=O) groups excluding carboxylic acids is 2. The molecule has 0 spiro atoms. The number of hydrogen-bond acceptors (Lipinski definition) is 6. The third-order valence-electron chi connectivity index (χ3n) is 4.24. The highest BCUT2D eigenvalue weighted by molar-refractivity contribution is 5.99. The Labute approximate surface area is 161 Å². The SMILES string of the molecule is COc1ccc(C(=O)Cn2c(=O)ccc3ccc(OC(C)=O)cc32)c(OC)c1. The van der Waals surface area contributed by atoms with E-state index in [0.29, 0.717) is 28.3 Å². The van der Waals surface area contributed by atoms with Crippen molar-refractivity contribution in [2.24, 2.45) is 0 Å². The number of nitrogens with zero attached hydrogens (tertiary/aromatic N) is 1. The summed E-state index contributed by atoms with van der Waals surface area (Å²) in [7, 11) is 2.98. The number of hydrogen-bond donors (Lipinski definition) is 0. The van der Waals surface area contributed by atoms with Crippen molar-refractivity contribution in [1.82, 2.24) is 4.57 Å². The first-order valence-corrected chi connectivity index (χ1v) is 8.50. The maximum atomic E-state index is 12.9. The Morgan fingerprint density at radius 2 is 1.64 bits per heavy atom. The molecule has 0 amide bonds. The van der Waals surface area contributed by atoms with Gasteiger partial charge in [-0.25, -0.2) is 0 Å². The molecule has 0 aliphatic rings. The van der Waals surface area contributed by atoms with E-state index >= 15 is 0 Å². The summed E-state index contributed by atoms with van der Waals surface area (Å²) in [5.74, 6) is 0.448. The van der Waals surface area contributed by atoms with E-state index in [9.17, 15) is 14.4 Å². The van der Waals surface area contributed by atoms with E-state index in [4.69, 9.17) is 14.2 Å². The number of carbonyl (C=O) groups is 2. The Hall–Kier alpha value is -3.61. The fourth-order valence-electron chi connectivity index (χ4n) is 2.92. The maximum Gasteiger partial charge on any atom is 0.308 e. The molecule has 0 unspecified atom stereocenters. The molecule has 2 aromatic carbocycles. The zero-order chi connectivity index (χ0) is 20.3. The summed E-state index contributed by atoms with van der Waals surface area (Å²) < 4.78 is 16.9. The molecule has 0 saturated heterocycles. The van der Waals surface area contributed by atoms with Gasteiger partial charge in [-0.1, -0.05) is 0 Å². The average molecular weight is 381 g/mol. The molecule has 0 radical (unpaired) electrons. The Morgan fingerprint density at radius 1 is 0.929 bits per heavy atom. The highest BCUT2D eigenvalue weighted by atomic mass is 16.5. The van der Waals surface area contributed by atoms with Gasteiger partial charge in [0.1, 0.15) is 17.2 Å². The summed E-state index contributed by atoms with van der Waals surface area (Å²) in [6, 6.07) is 12.8. The largest absolute Gasteiger partial charge is 0.497 e. The second kappa shape index (κ2) is 7.96. The molecule has 0 saturated carbocycles. The normalized spacial score (nSPS) is 10.5. The number of fused-ring (bicyclic) bond motifs is 1. The summed E-state index contributed by atoms with van der Waals surface area (Å²) in [6.07, 6.45) is 0. The molecule has 1 heterocycles. The van der Waals surface area contributed by atoms with Crippen LogP contribution in [0, 0.1) is 0 Å². The van der Waals surface area contributed by atoms with Crippen LogP contribution in [0.1, 0.15) is 17.3 Å². The lowest BCUT2D eigenvalue weighted by Crippen LogP contribution is -2.24. The van der Waals surface area contributed by atoms with E-state index < -0.39 is 5.97 Å². The molecule has 0 aliphatic carbocycles. The predicted molar refractivity (Wildman–Crippen MR) is 103 cm³/mol. The quantitative estimate of drug-likeness (QED) is 0.371. The molecule has 3 aromatic rings. The van der Waals surface area contributed by atoms with Crippen LogP contribution in [0.4, 0.5) is 0 Å². The summed E-state index contributed by atoms with van der Waals surface area (Å²) in [4.78, 5) is 36.5. The Kier molecular flexibility index (Phi) is 5.44. The van der Waals surface area contributed by atoms with Gasteiger partial charge in [-0.05, 0) is 35.7 Å². The van der Waals surface area contributed by atoms with Gasteiger partial charge in [0.05, 0.1) is 31.8 Å². The second-order valence-corrected chi connectivity index (χ2v) is 6.06. The molecule has 7 nitrogen and oxygen atoms in total. The second-order valence-electron chi connectivity index (χ2n) is 6.06. The monoisotopic (exact) mass is 381 g/mol. The predicted octanol–water partition coefficient (Wildman–Crippen LogP) is 2.83. The minimum absolute atomic E-state index is 0.192. The first-order valence-electron chi connectivity index (χ1n) is 8.50. The van der Waals surface area contributed by atoms with E-state index in [1.807, 2.05) is 0 Å². The van der Waals surface area contributed by atoms with Crippen LogP contribution in [0.15, 0.2) is 53.3 Å². The van der Waals surface area contributed by atoms with Gasteiger partial charge in [-0.15, -0.1) is 0 Å². The number of benzene rings is 2. The molecule has 0 N–H and O–H groups in total. The zero-order valence-corrected chi connectivity index (χ0v) is 15.7. The van der Waals surface area contributed by atoms with Crippen LogP contribution >= 0.6 is 0 Å². The molecular formula is C21H19NO6. The molecule has 0 fully saturated rings. The van der Waals surface area contributed by atoms with Crippen molar-refractivity contribution in [2.75, 3.05) is 14.2 Å². The summed E-state index contributed by atoms with van der Waals surface area (Å²) in [5.41, 5.74) is 0.490. The number of ether oxygens (including phenoxy) is 3. The van der Waals surface area contributed by atoms with Gasteiger partial charge >= 0.3 is 5.97 Å².